The Bertz CT molecular complexity index is 1080. The van der Waals surface area contributed by atoms with E-state index < -0.39 is 27.9 Å². The van der Waals surface area contributed by atoms with Crippen molar-refractivity contribution in [3.8, 4) is 0 Å². The number of nitrogens with two attached hydrogens (primary N) is 1. The minimum absolute atomic E-state index is 0.0367. The molecule has 2 atom stereocenters. The van der Waals surface area contributed by atoms with Crippen LogP contribution in [0.5, 0.6) is 0 Å². The van der Waals surface area contributed by atoms with Gasteiger partial charge >= 0.3 is 0 Å². The summed E-state index contributed by atoms with van der Waals surface area (Å²) in [5.74, 6) is -1.13. The van der Waals surface area contributed by atoms with E-state index in [1.807, 2.05) is 24.3 Å². The quantitative estimate of drug-likeness (QED) is 0.596. The smallest absolute Gasteiger partial charge is 0.262 e. The molecule has 2 aliphatic rings. The lowest BCUT2D eigenvalue weighted by molar-refractivity contribution is -0.122. The highest BCUT2D eigenvalue weighted by molar-refractivity contribution is 7.89. The van der Waals surface area contributed by atoms with Gasteiger partial charge in [-0.3, -0.25) is 9.59 Å². The number of nitrogens with one attached hydrogen (secondary N) is 2. The third kappa shape index (κ3) is 4.52. The van der Waals surface area contributed by atoms with Gasteiger partial charge in [0, 0.05) is 19.1 Å². The zero-order valence-electron chi connectivity index (χ0n) is 17.0. The number of fused-ring (bicyclic) bond motifs is 1. The average molecular weight is 463 g/mol. The first-order valence-corrected chi connectivity index (χ1v) is 12.7. The van der Waals surface area contributed by atoms with E-state index in [4.69, 9.17) is 5.73 Å². The summed E-state index contributed by atoms with van der Waals surface area (Å²) in [6.07, 6.45) is 3.42. The Morgan fingerprint density at radius 2 is 1.97 bits per heavy atom. The van der Waals surface area contributed by atoms with Crippen molar-refractivity contribution < 1.29 is 18.0 Å². The number of carbonyl (C=O) groups excluding carboxylic acids is 2. The van der Waals surface area contributed by atoms with Crippen molar-refractivity contribution in [3.63, 3.8) is 0 Å². The minimum atomic E-state index is -4.11. The van der Waals surface area contributed by atoms with Crippen LogP contribution < -0.4 is 16.4 Å². The molecule has 2 aromatic rings. The van der Waals surface area contributed by atoms with Gasteiger partial charge in [-0.15, -0.1) is 11.3 Å². The molecule has 1 aromatic heterocycles. The summed E-state index contributed by atoms with van der Waals surface area (Å²) in [6, 6.07) is 8.01. The van der Waals surface area contributed by atoms with Gasteiger partial charge in [0.1, 0.15) is 15.8 Å². The molecule has 0 saturated carbocycles. The molecule has 1 saturated heterocycles. The summed E-state index contributed by atoms with van der Waals surface area (Å²) >= 11 is 1.08. The van der Waals surface area contributed by atoms with Crippen LogP contribution in [0.1, 0.15) is 40.1 Å². The van der Waals surface area contributed by atoms with Gasteiger partial charge in [0.2, 0.25) is 15.9 Å². The summed E-state index contributed by atoms with van der Waals surface area (Å²) in [4.78, 5) is 25.0. The van der Waals surface area contributed by atoms with Gasteiger partial charge in [-0.05, 0) is 48.4 Å². The summed E-state index contributed by atoms with van der Waals surface area (Å²) in [5.41, 5.74) is 7.29. The molecule has 1 fully saturated rings. The molecule has 0 spiro atoms. The summed E-state index contributed by atoms with van der Waals surface area (Å²) in [7, 11) is -4.11. The van der Waals surface area contributed by atoms with E-state index in [0.29, 0.717) is 6.54 Å². The number of rotatable bonds is 6. The summed E-state index contributed by atoms with van der Waals surface area (Å²) in [6.45, 7) is 1.40. The Hall–Kier alpha value is -2.27. The molecule has 1 aromatic carbocycles. The molecule has 10 heteroatoms. The number of hydrogen-bond donors (Lipinski definition) is 3. The SMILES string of the molecule is NC(=O)C1Cc2ccccc2CN1S(=O)(=O)c1ccsc1C(=O)NC[C@H]1CCCCN1. The van der Waals surface area contributed by atoms with E-state index in [2.05, 4.69) is 10.6 Å². The van der Waals surface area contributed by atoms with Crippen molar-refractivity contribution in [3.05, 3.63) is 51.7 Å². The fourth-order valence-corrected chi connectivity index (χ4v) is 7.07. The van der Waals surface area contributed by atoms with Gasteiger partial charge in [-0.1, -0.05) is 30.7 Å². The predicted molar refractivity (Wildman–Crippen MR) is 118 cm³/mol. The van der Waals surface area contributed by atoms with Crippen LogP contribution in [-0.4, -0.2) is 49.7 Å². The van der Waals surface area contributed by atoms with Crippen LogP contribution in [0.4, 0.5) is 0 Å². The van der Waals surface area contributed by atoms with Gasteiger partial charge < -0.3 is 16.4 Å². The largest absolute Gasteiger partial charge is 0.368 e. The van der Waals surface area contributed by atoms with Crippen molar-refractivity contribution in [2.75, 3.05) is 13.1 Å². The topological polar surface area (TPSA) is 122 Å². The molecular weight excluding hydrogens is 436 g/mol. The second-order valence-electron chi connectivity index (χ2n) is 7.91. The van der Waals surface area contributed by atoms with Gasteiger partial charge in [0.15, 0.2) is 0 Å². The maximum absolute atomic E-state index is 13.5. The number of benzene rings is 1. The van der Waals surface area contributed by atoms with Crippen LogP contribution in [-0.2, 0) is 27.8 Å². The van der Waals surface area contributed by atoms with Crippen LogP contribution in [0.25, 0.3) is 0 Å². The molecule has 4 N–H and O–H groups in total. The zero-order valence-corrected chi connectivity index (χ0v) is 18.7. The number of thiophene rings is 1. The van der Waals surface area contributed by atoms with Crippen LogP contribution in [0.2, 0.25) is 0 Å². The first-order valence-electron chi connectivity index (χ1n) is 10.3. The number of nitrogens with zero attached hydrogens (tertiary/aromatic N) is 1. The minimum Gasteiger partial charge on any atom is -0.368 e. The van der Waals surface area contributed by atoms with Gasteiger partial charge in [0.05, 0.1) is 0 Å². The Kier molecular flexibility index (Phi) is 6.42. The molecule has 2 amide bonds. The Balaban J connectivity index is 1.58. The average Bonchev–Trinajstić information content (AvgIpc) is 3.28. The standard InChI is InChI=1S/C21H26N4O4S2/c22-20(26)17-11-14-5-1-2-6-15(14)13-25(17)31(28,29)18-8-10-30-19(18)21(27)24-12-16-7-3-4-9-23-16/h1-2,5-6,8,10,16-17,23H,3-4,7,9,11-13H2,(H2,22,26)(H,24,27)/t16-,17?/m1/s1. The molecule has 3 heterocycles. The molecule has 1 unspecified atom stereocenters. The van der Waals surface area contributed by atoms with Crippen LogP contribution in [0, 0.1) is 0 Å². The highest BCUT2D eigenvalue weighted by Gasteiger charge is 2.40. The molecule has 166 valence electrons. The lowest BCUT2D eigenvalue weighted by Gasteiger charge is -2.34. The van der Waals surface area contributed by atoms with Crippen molar-refractivity contribution in [1.29, 1.82) is 0 Å². The van der Waals surface area contributed by atoms with E-state index in [1.165, 1.54) is 6.07 Å². The van der Waals surface area contributed by atoms with E-state index in [1.54, 1.807) is 5.38 Å². The molecule has 0 radical (unpaired) electrons. The number of amides is 2. The normalized spacial score (nSPS) is 21.9. The summed E-state index contributed by atoms with van der Waals surface area (Å²) < 4.78 is 28.2. The molecule has 2 aliphatic heterocycles. The van der Waals surface area contributed by atoms with Crippen molar-refractivity contribution in [1.82, 2.24) is 14.9 Å². The van der Waals surface area contributed by atoms with Crippen LogP contribution in [0.15, 0.2) is 40.6 Å². The predicted octanol–water partition coefficient (Wildman–Crippen LogP) is 1.22. The maximum Gasteiger partial charge on any atom is 0.262 e. The number of sulfonamides is 1. The first kappa shape index (κ1) is 21.9. The van der Waals surface area contributed by atoms with Gasteiger partial charge in [-0.25, -0.2) is 8.42 Å². The monoisotopic (exact) mass is 462 g/mol. The van der Waals surface area contributed by atoms with E-state index in [0.717, 1.165) is 52.6 Å². The van der Waals surface area contributed by atoms with E-state index in [9.17, 15) is 18.0 Å². The molecule has 31 heavy (non-hydrogen) atoms. The van der Waals surface area contributed by atoms with Crippen LogP contribution >= 0.6 is 11.3 Å². The third-order valence-corrected chi connectivity index (χ3v) is 8.82. The third-order valence-electron chi connectivity index (χ3n) is 5.88. The van der Waals surface area contributed by atoms with Gasteiger partial charge in [0.25, 0.3) is 5.91 Å². The van der Waals surface area contributed by atoms with Crippen molar-refractivity contribution >= 4 is 33.2 Å². The fourth-order valence-electron chi connectivity index (χ4n) is 4.18. The molecular formula is C21H26N4O4S2. The van der Waals surface area contributed by atoms with E-state index in [-0.39, 0.29) is 28.8 Å². The van der Waals surface area contributed by atoms with Crippen molar-refractivity contribution in [2.45, 2.75) is 49.2 Å². The van der Waals surface area contributed by atoms with Gasteiger partial charge in [-0.2, -0.15) is 4.31 Å². The lowest BCUT2D eigenvalue weighted by Crippen LogP contribution is -2.51. The Morgan fingerprint density at radius 1 is 1.19 bits per heavy atom. The highest BCUT2D eigenvalue weighted by Crippen LogP contribution is 2.32. The number of primary amides is 1. The highest BCUT2D eigenvalue weighted by atomic mass is 32.2. The second kappa shape index (κ2) is 9.07. The number of carbonyl (C=O) groups is 2. The second-order valence-corrected chi connectivity index (χ2v) is 10.7. The first-order chi connectivity index (χ1) is 14.9. The number of piperidine rings is 1. The van der Waals surface area contributed by atoms with E-state index >= 15 is 0 Å². The Labute approximate surface area is 185 Å². The lowest BCUT2D eigenvalue weighted by atomic mass is 9.96. The molecule has 4 rings (SSSR count). The van der Waals surface area contributed by atoms with Crippen LogP contribution in [0.3, 0.4) is 0 Å². The fraction of sp³-hybridized carbons (Fsp3) is 0.429. The molecule has 8 nitrogen and oxygen atoms in total. The summed E-state index contributed by atoms with van der Waals surface area (Å²) in [5, 5.41) is 7.79. The number of hydrogen-bond acceptors (Lipinski definition) is 6. The zero-order chi connectivity index (χ0) is 22.0. The Morgan fingerprint density at radius 3 is 2.68 bits per heavy atom. The maximum atomic E-state index is 13.5. The molecule has 0 bridgehead atoms. The van der Waals surface area contributed by atoms with Crippen molar-refractivity contribution in [2.24, 2.45) is 5.73 Å². The molecule has 0 aliphatic carbocycles.